The minimum absolute atomic E-state index is 0.410. The second-order valence-corrected chi connectivity index (χ2v) is 8.14. The molecule has 0 radical (unpaired) electrons. The molecule has 3 aromatic rings. The van der Waals surface area contributed by atoms with Crippen molar-refractivity contribution in [2.45, 2.75) is 26.6 Å². The maximum Gasteiger partial charge on any atom is 0.417 e. The molecule has 1 amide bonds. The average Bonchev–Trinajstić information content (AvgIpc) is 3.11. The number of benzene rings is 2. The molecule has 2 heterocycles. The molecule has 0 bridgehead atoms. The number of nitrogens with zero attached hydrogens (tertiary/aromatic N) is 2. The van der Waals surface area contributed by atoms with Crippen molar-refractivity contribution < 1.29 is 9.21 Å². The minimum atomic E-state index is -1.45. The van der Waals surface area contributed by atoms with Gasteiger partial charge in [-0.3, -0.25) is 9.78 Å². The van der Waals surface area contributed by atoms with Crippen LogP contribution in [0, 0.1) is 13.8 Å². The summed E-state index contributed by atoms with van der Waals surface area (Å²) in [4.78, 5) is 34.0. The number of carbonyl (C=O) groups is 1. The fraction of sp³-hybridized carbons (Fsp3) is 0.261. The van der Waals surface area contributed by atoms with Crippen LogP contribution in [0.1, 0.15) is 18.1 Å². The molecule has 4 N–H and O–H groups in total. The number of oxazole rings is 1. The number of amides is 1. The van der Waals surface area contributed by atoms with Crippen LogP contribution in [0.2, 0.25) is 0 Å². The Bertz CT molecular complexity index is 1320. The van der Waals surface area contributed by atoms with E-state index in [9.17, 15) is 9.59 Å². The highest BCUT2D eigenvalue weighted by Crippen LogP contribution is 2.29. The summed E-state index contributed by atoms with van der Waals surface area (Å²) >= 11 is 0. The topological polar surface area (TPSA) is 115 Å². The van der Waals surface area contributed by atoms with Crippen LogP contribution in [0.5, 0.6) is 0 Å². The van der Waals surface area contributed by atoms with Gasteiger partial charge in [0.05, 0.1) is 5.52 Å². The Labute approximate surface area is 185 Å². The van der Waals surface area contributed by atoms with Gasteiger partial charge in [0, 0.05) is 43.6 Å². The van der Waals surface area contributed by atoms with Gasteiger partial charge in [-0.05, 0) is 67.8 Å². The number of aliphatic imine (C=N–C) groups is 1. The number of allylic oxidation sites excluding steroid dienone is 1. The fourth-order valence-corrected chi connectivity index (χ4v) is 3.58. The van der Waals surface area contributed by atoms with Gasteiger partial charge in [0.1, 0.15) is 0 Å². The standard InChI is InChI=1S/C23H26N6O3/c1-13-11-24-23(25-12-13,28-17-8-14(2)15(3)19(10-17)29(4)5)21(30)26-16-6-7-20-18(9-16)27-22(31)32-20/h6-12,24,28H,1-5H3,(H,26,30)(H,27,31). The SMILES string of the molecule is CC1=CNC(Nc2cc(C)c(C)c(N(C)C)c2)(C(=O)Nc2ccc3oc(=O)[nH]c3c2)N=C1. The summed E-state index contributed by atoms with van der Waals surface area (Å²) in [6.45, 7) is 5.99. The van der Waals surface area contributed by atoms with Crippen molar-refractivity contribution in [1.82, 2.24) is 10.3 Å². The number of H-pyrrole nitrogens is 1. The van der Waals surface area contributed by atoms with E-state index in [1.54, 1.807) is 30.6 Å². The molecule has 2 aromatic carbocycles. The number of aromatic amines is 1. The summed E-state index contributed by atoms with van der Waals surface area (Å²) in [7, 11) is 3.96. The Morgan fingerprint density at radius 3 is 2.59 bits per heavy atom. The van der Waals surface area contributed by atoms with E-state index < -0.39 is 17.5 Å². The number of nitrogens with one attached hydrogen (secondary N) is 4. The van der Waals surface area contributed by atoms with Crippen molar-refractivity contribution >= 4 is 40.3 Å². The molecule has 32 heavy (non-hydrogen) atoms. The van der Waals surface area contributed by atoms with Crippen LogP contribution in [-0.2, 0) is 4.79 Å². The predicted molar refractivity (Wildman–Crippen MR) is 127 cm³/mol. The number of fused-ring (bicyclic) bond motifs is 1. The predicted octanol–water partition coefficient (Wildman–Crippen LogP) is 3.09. The molecule has 0 saturated carbocycles. The third-order valence-corrected chi connectivity index (χ3v) is 5.42. The quantitative estimate of drug-likeness (QED) is 0.491. The Kier molecular flexibility index (Phi) is 5.25. The maximum absolute atomic E-state index is 13.4. The van der Waals surface area contributed by atoms with Gasteiger partial charge in [-0.15, -0.1) is 0 Å². The van der Waals surface area contributed by atoms with Gasteiger partial charge >= 0.3 is 5.76 Å². The lowest BCUT2D eigenvalue weighted by Gasteiger charge is -2.33. The molecule has 1 aliphatic rings. The summed E-state index contributed by atoms with van der Waals surface area (Å²) in [6.07, 6.45) is 3.39. The van der Waals surface area contributed by atoms with Crippen molar-refractivity contribution in [3.63, 3.8) is 0 Å². The molecule has 0 saturated heterocycles. The first kappa shape index (κ1) is 21.2. The number of rotatable bonds is 5. The van der Waals surface area contributed by atoms with Gasteiger partial charge < -0.3 is 25.3 Å². The van der Waals surface area contributed by atoms with Crippen LogP contribution in [-0.4, -0.2) is 37.0 Å². The van der Waals surface area contributed by atoms with Crippen LogP contribution in [0.25, 0.3) is 11.1 Å². The third kappa shape index (κ3) is 3.96. The lowest BCUT2D eigenvalue weighted by molar-refractivity contribution is -0.120. The highest BCUT2D eigenvalue weighted by atomic mass is 16.4. The monoisotopic (exact) mass is 434 g/mol. The maximum atomic E-state index is 13.4. The number of aromatic nitrogens is 1. The highest BCUT2D eigenvalue weighted by Gasteiger charge is 2.39. The van der Waals surface area contributed by atoms with E-state index in [4.69, 9.17) is 4.42 Å². The van der Waals surface area contributed by atoms with Gasteiger partial charge in [-0.1, -0.05) is 0 Å². The number of aryl methyl sites for hydroxylation is 1. The van der Waals surface area contributed by atoms with Crippen LogP contribution in [0.3, 0.4) is 0 Å². The summed E-state index contributed by atoms with van der Waals surface area (Å²) in [6, 6.07) is 8.90. The van der Waals surface area contributed by atoms with Gasteiger partial charge in [-0.25, -0.2) is 9.79 Å². The van der Waals surface area contributed by atoms with Crippen molar-refractivity contribution in [3.05, 3.63) is 63.8 Å². The molecular weight excluding hydrogens is 408 g/mol. The van der Waals surface area contributed by atoms with Crippen LogP contribution in [0.15, 0.2) is 56.3 Å². The van der Waals surface area contributed by atoms with E-state index in [1.165, 1.54) is 0 Å². The van der Waals surface area contributed by atoms with Crippen LogP contribution < -0.4 is 26.6 Å². The van der Waals surface area contributed by atoms with Crippen LogP contribution in [0.4, 0.5) is 17.1 Å². The van der Waals surface area contributed by atoms with Crippen LogP contribution >= 0.6 is 0 Å². The molecule has 9 heteroatoms. The lowest BCUT2D eigenvalue weighted by atomic mass is 10.1. The van der Waals surface area contributed by atoms with Crippen molar-refractivity contribution in [1.29, 1.82) is 0 Å². The third-order valence-electron chi connectivity index (χ3n) is 5.42. The first-order valence-electron chi connectivity index (χ1n) is 10.2. The van der Waals surface area contributed by atoms with E-state index in [0.717, 1.165) is 28.1 Å². The Hall–Kier alpha value is -4.01. The number of hydrogen-bond donors (Lipinski definition) is 4. The number of hydrogen-bond acceptors (Lipinski definition) is 7. The Morgan fingerprint density at radius 2 is 1.91 bits per heavy atom. The molecule has 9 nitrogen and oxygen atoms in total. The largest absolute Gasteiger partial charge is 0.417 e. The summed E-state index contributed by atoms with van der Waals surface area (Å²) < 4.78 is 5.02. The van der Waals surface area contributed by atoms with Gasteiger partial charge in [-0.2, -0.15) is 0 Å². The van der Waals surface area contributed by atoms with E-state index in [-0.39, 0.29) is 0 Å². The summed E-state index contributed by atoms with van der Waals surface area (Å²) in [5, 5.41) is 9.24. The molecule has 1 aromatic heterocycles. The summed E-state index contributed by atoms with van der Waals surface area (Å²) in [5.74, 6) is -2.41. The molecule has 0 spiro atoms. The van der Waals surface area contributed by atoms with E-state index in [0.29, 0.717) is 16.8 Å². The van der Waals surface area contributed by atoms with Crippen molar-refractivity contribution in [2.75, 3.05) is 29.6 Å². The molecular formula is C23H26N6O3. The van der Waals surface area contributed by atoms with Gasteiger partial charge in [0.25, 0.3) is 11.7 Å². The lowest BCUT2D eigenvalue weighted by Crippen LogP contribution is -2.58. The summed E-state index contributed by atoms with van der Waals surface area (Å²) in [5.41, 5.74) is 6.35. The molecule has 0 aliphatic carbocycles. The second kappa shape index (κ2) is 7.92. The molecule has 166 valence electrons. The Morgan fingerprint density at radius 1 is 1.12 bits per heavy atom. The zero-order valence-corrected chi connectivity index (χ0v) is 18.7. The van der Waals surface area contributed by atoms with Crippen molar-refractivity contribution in [3.8, 4) is 0 Å². The van der Waals surface area contributed by atoms with E-state index in [2.05, 4.69) is 32.9 Å². The molecule has 0 fully saturated rings. The first-order valence-corrected chi connectivity index (χ1v) is 10.2. The molecule has 1 atom stereocenters. The average molecular weight is 435 g/mol. The number of carbonyl (C=O) groups excluding carboxylic acids is 1. The fourth-order valence-electron chi connectivity index (χ4n) is 3.58. The zero-order valence-electron chi connectivity index (χ0n) is 18.7. The van der Waals surface area contributed by atoms with E-state index >= 15 is 0 Å². The van der Waals surface area contributed by atoms with Gasteiger partial charge in [0.15, 0.2) is 5.58 Å². The minimum Gasteiger partial charge on any atom is -0.408 e. The number of anilines is 3. The Balaban J connectivity index is 1.68. The zero-order chi connectivity index (χ0) is 23.0. The molecule has 4 rings (SSSR count). The second-order valence-electron chi connectivity index (χ2n) is 8.14. The molecule has 1 aliphatic heterocycles. The highest BCUT2D eigenvalue weighted by molar-refractivity contribution is 6.02. The normalized spacial score (nSPS) is 17.6. The van der Waals surface area contributed by atoms with E-state index in [1.807, 2.05) is 45.0 Å². The van der Waals surface area contributed by atoms with Gasteiger partial charge in [0.2, 0.25) is 0 Å². The molecule has 1 unspecified atom stereocenters. The smallest absolute Gasteiger partial charge is 0.408 e. The van der Waals surface area contributed by atoms with Crippen molar-refractivity contribution in [2.24, 2.45) is 4.99 Å². The first-order chi connectivity index (χ1) is 15.2.